The van der Waals surface area contributed by atoms with Gasteiger partial charge in [0.15, 0.2) is 0 Å². The van der Waals surface area contributed by atoms with Gasteiger partial charge in [-0.2, -0.15) is 0 Å². The van der Waals surface area contributed by atoms with Gasteiger partial charge in [0.1, 0.15) is 11.5 Å². The third-order valence-corrected chi connectivity index (χ3v) is 8.22. The van der Waals surface area contributed by atoms with Crippen molar-refractivity contribution in [2.75, 3.05) is 13.2 Å². The molecule has 0 radical (unpaired) electrons. The van der Waals surface area contributed by atoms with Crippen LogP contribution >= 0.6 is 0 Å². The molecule has 0 spiro atoms. The molecule has 0 aliphatic heterocycles. The summed E-state index contributed by atoms with van der Waals surface area (Å²) < 4.78 is 17.1. The number of unbranched alkanes of at least 4 members (excludes halogenated alkanes) is 8. The standard InChI is InChI=1S/C40H48O5/c1-4-6-8-10-11-13-26-43-37-23-20-32(21-24-37)31-14-16-33(17-15-31)40(42)45-38-25-22-35-28-34(18-19-36(35)29-38)30(3)39(41)44-27-12-9-7-5-2/h14-25,28-30H,4-13,26-27H2,1-3H3/t30-/m0/s1. The molecule has 4 rings (SSSR count). The molecular formula is C40H48O5. The van der Waals surface area contributed by atoms with Gasteiger partial charge in [0.25, 0.3) is 0 Å². The Hall–Kier alpha value is -4.12. The molecule has 4 aromatic rings. The highest BCUT2D eigenvalue weighted by Gasteiger charge is 2.17. The van der Waals surface area contributed by atoms with Crippen molar-refractivity contribution in [3.8, 4) is 22.6 Å². The normalized spacial score (nSPS) is 11.7. The zero-order chi connectivity index (χ0) is 31.9. The van der Waals surface area contributed by atoms with Crippen molar-refractivity contribution < 1.29 is 23.8 Å². The molecule has 238 valence electrons. The van der Waals surface area contributed by atoms with Gasteiger partial charge in [-0.05, 0) is 83.6 Å². The highest BCUT2D eigenvalue weighted by Crippen LogP contribution is 2.27. The number of esters is 2. The minimum atomic E-state index is -0.411. The minimum absolute atomic E-state index is 0.202. The van der Waals surface area contributed by atoms with Gasteiger partial charge in [-0.25, -0.2) is 4.79 Å². The van der Waals surface area contributed by atoms with Crippen LogP contribution in [-0.2, 0) is 9.53 Å². The van der Waals surface area contributed by atoms with E-state index < -0.39 is 5.97 Å². The average molecular weight is 609 g/mol. The maximum Gasteiger partial charge on any atom is 0.343 e. The first-order valence-corrected chi connectivity index (χ1v) is 16.7. The van der Waals surface area contributed by atoms with Gasteiger partial charge in [0.2, 0.25) is 0 Å². The maximum absolute atomic E-state index is 12.9. The number of hydrogen-bond acceptors (Lipinski definition) is 5. The van der Waals surface area contributed by atoms with Crippen LogP contribution in [0.3, 0.4) is 0 Å². The summed E-state index contributed by atoms with van der Waals surface area (Å²) in [6.45, 7) is 7.48. The van der Waals surface area contributed by atoms with Gasteiger partial charge in [-0.3, -0.25) is 4.79 Å². The van der Waals surface area contributed by atoms with Crippen molar-refractivity contribution in [2.45, 2.75) is 90.9 Å². The van der Waals surface area contributed by atoms with E-state index in [-0.39, 0.29) is 11.9 Å². The quantitative estimate of drug-likeness (QED) is 0.0639. The van der Waals surface area contributed by atoms with E-state index in [1.54, 1.807) is 18.2 Å². The number of carbonyl (C=O) groups is 2. The molecule has 1 atom stereocenters. The van der Waals surface area contributed by atoms with Crippen LogP contribution in [0, 0.1) is 0 Å². The van der Waals surface area contributed by atoms with E-state index >= 15 is 0 Å². The lowest BCUT2D eigenvalue weighted by atomic mass is 9.98. The summed E-state index contributed by atoms with van der Waals surface area (Å²) >= 11 is 0. The Morgan fingerprint density at radius 1 is 0.600 bits per heavy atom. The predicted octanol–water partition coefficient (Wildman–Crippen LogP) is 10.7. The van der Waals surface area contributed by atoms with Crippen LogP contribution in [0.5, 0.6) is 11.5 Å². The van der Waals surface area contributed by atoms with Gasteiger partial charge in [0.05, 0.1) is 24.7 Å². The summed E-state index contributed by atoms with van der Waals surface area (Å²) in [5, 5.41) is 1.90. The minimum Gasteiger partial charge on any atom is -0.494 e. The van der Waals surface area contributed by atoms with E-state index in [0.717, 1.165) is 71.9 Å². The fraction of sp³-hybridized carbons (Fsp3) is 0.400. The van der Waals surface area contributed by atoms with E-state index in [1.165, 1.54) is 32.1 Å². The Bertz CT molecular complexity index is 1490. The third kappa shape index (κ3) is 10.5. The van der Waals surface area contributed by atoms with Crippen LogP contribution in [0.25, 0.3) is 21.9 Å². The lowest BCUT2D eigenvalue weighted by Crippen LogP contribution is -2.14. The van der Waals surface area contributed by atoms with Gasteiger partial charge in [0, 0.05) is 0 Å². The van der Waals surface area contributed by atoms with Crippen molar-refractivity contribution in [1.82, 2.24) is 0 Å². The Morgan fingerprint density at radius 3 is 1.87 bits per heavy atom. The molecule has 0 aliphatic rings. The fourth-order valence-corrected chi connectivity index (χ4v) is 5.32. The van der Waals surface area contributed by atoms with E-state index in [2.05, 4.69) is 13.8 Å². The molecule has 0 bridgehead atoms. The van der Waals surface area contributed by atoms with Gasteiger partial charge < -0.3 is 14.2 Å². The van der Waals surface area contributed by atoms with Gasteiger partial charge in [-0.1, -0.05) is 114 Å². The second-order valence-electron chi connectivity index (χ2n) is 11.8. The summed E-state index contributed by atoms with van der Waals surface area (Å²) in [6.07, 6.45) is 11.8. The Balaban J connectivity index is 1.28. The molecule has 0 saturated carbocycles. The van der Waals surface area contributed by atoms with Crippen molar-refractivity contribution in [3.05, 3.63) is 96.1 Å². The number of ether oxygens (including phenoxy) is 3. The molecule has 5 nitrogen and oxygen atoms in total. The van der Waals surface area contributed by atoms with Crippen molar-refractivity contribution >= 4 is 22.7 Å². The Kier molecular flexibility index (Phi) is 13.5. The zero-order valence-electron chi connectivity index (χ0n) is 27.2. The molecule has 0 fully saturated rings. The van der Waals surface area contributed by atoms with Crippen LogP contribution in [0.4, 0.5) is 0 Å². The smallest absolute Gasteiger partial charge is 0.343 e. The predicted molar refractivity (Wildman–Crippen MR) is 183 cm³/mol. The molecule has 0 saturated heterocycles. The molecule has 0 unspecified atom stereocenters. The first-order valence-electron chi connectivity index (χ1n) is 16.7. The fourth-order valence-electron chi connectivity index (χ4n) is 5.32. The molecule has 45 heavy (non-hydrogen) atoms. The van der Waals surface area contributed by atoms with Crippen LogP contribution < -0.4 is 9.47 Å². The van der Waals surface area contributed by atoms with Crippen molar-refractivity contribution in [1.29, 1.82) is 0 Å². The van der Waals surface area contributed by atoms with E-state index in [1.807, 2.05) is 73.7 Å². The molecule has 5 heteroatoms. The monoisotopic (exact) mass is 608 g/mol. The largest absolute Gasteiger partial charge is 0.494 e. The van der Waals surface area contributed by atoms with Crippen molar-refractivity contribution in [3.63, 3.8) is 0 Å². The van der Waals surface area contributed by atoms with E-state index in [4.69, 9.17) is 14.2 Å². The van der Waals surface area contributed by atoms with Gasteiger partial charge >= 0.3 is 11.9 Å². The van der Waals surface area contributed by atoms with Crippen molar-refractivity contribution in [2.24, 2.45) is 0 Å². The third-order valence-electron chi connectivity index (χ3n) is 8.22. The molecule has 4 aromatic carbocycles. The highest BCUT2D eigenvalue weighted by molar-refractivity contribution is 5.93. The Morgan fingerprint density at radius 2 is 1.16 bits per heavy atom. The van der Waals surface area contributed by atoms with Crippen LogP contribution in [0.2, 0.25) is 0 Å². The summed E-state index contributed by atoms with van der Waals surface area (Å²) in [7, 11) is 0. The Labute approximate surface area is 268 Å². The summed E-state index contributed by atoms with van der Waals surface area (Å²) in [4.78, 5) is 25.4. The number of fused-ring (bicyclic) bond motifs is 1. The summed E-state index contributed by atoms with van der Waals surface area (Å²) in [5.41, 5.74) is 3.46. The lowest BCUT2D eigenvalue weighted by Gasteiger charge is -2.13. The molecular weight excluding hydrogens is 560 g/mol. The zero-order valence-corrected chi connectivity index (χ0v) is 27.2. The highest BCUT2D eigenvalue weighted by atomic mass is 16.5. The second kappa shape index (κ2) is 18.0. The first-order chi connectivity index (χ1) is 22.0. The van der Waals surface area contributed by atoms with Crippen LogP contribution in [-0.4, -0.2) is 25.2 Å². The second-order valence-corrected chi connectivity index (χ2v) is 11.8. The number of carbonyl (C=O) groups excluding carboxylic acids is 2. The van der Waals surface area contributed by atoms with Crippen LogP contribution in [0.15, 0.2) is 84.9 Å². The molecule has 0 N–H and O–H groups in total. The number of rotatable bonds is 18. The van der Waals surface area contributed by atoms with E-state index in [9.17, 15) is 9.59 Å². The summed E-state index contributed by atoms with van der Waals surface area (Å²) in [5.74, 6) is 0.394. The number of benzene rings is 4. The first kappa shape index (κ1) is 33.8. The molecule has 0 amide bonds. The maximum atomic E-state index is 12.9. The molecule has 0 aromatic heterocycles. The van der Waals surface area contributed by atoms with Gasteiger partial charge in [-0.15, -0.1) is 0 Å². The lowest BCUT2D eigenvalue weighted by molar-refractivity contribution is -0.145. The molecule has 0 aliphatic carbocycles. The molecule has 0 heterocycles. The SMILES string of the molecule is CCCCCCCCOc1ccc(-c2ccc(C(=O)Oc3ccc4cc([C@H](C)C(=O)OCCCCCC)ccc4c3)cc2)cc1. The number of hydrogen-bond donors (Lipinski definition) is 0. The van der Waals surface area contributed by atoms with Crippen LogP contribution in [0.1, 0.15) is 107 Å². The average Bonchev–Trinajstić information content (AvgIpc) is 3.07. The topological polar surface area (TPSA) is 61.8 Å². The summed E-state index contributed by atoms with van der Waals surface area (Å²) in [6, 6.07) is 27.0. The van der Waals surface area contributed by atoms with E-state index in [0.29, 0.717) is 17.9 Å².